The van der Waals surface area contributed by atoms with Crippen molar-refractivity contribution >= 4 is 29.5 Å². The van der Waals surface area contributed by atoms with Gasteiger partial charge in [0.2, 0.25) is 0 Å². The maximum atomic E-state index is 13.6. The van der Waals surface area contributed by atoms with Gasteiger partial charge in [-0.05, 0) is 86.2 Å². The third kappa shape index (κ3) is 5.53. The molecule has 204 valence electrons. The Balaban J connectivity index is 1.22. The Morgan fingerprint density at radius 1 is 1.10 bits per heavy atom. The fourth-order valence-corrected chi connectivity index (χ4v) is 5.63. The number of hydrogen-bond acceptors (Lipinski definition) is 5. The summed E-state index contributed by atoms with van der Waals surface area (Å²) in [7, 11) is 1.64. The molecular weight excluding hydrogens is 497 g/mol. The summed E-state index contributed by atoms with van der Waals surface area (Å²) in [4.78, 5) is 36.5. The average Bonchev–Trinajstić information content (AvgIpc) is 3.28. The number of halogens is 1. The van der Waals surface area contributed by atoms with Crippen molar-refractivity contribution in [3.8, 4) is 5.75 Å². The molecule has 0 aliphatic carbocycles. The second-order valence-electron chi connectivity index (χ2n) is 10.0. The molecule has 3 amide bonds. The lowest BCUT2D eigenvalue weighted by Crippen LogP contribution is -2.48. The summed E-state index contributed by atoms with van der Waals surface area (Å²) < 4.78 is 19.0. The third-order valence-corrected chi connectivity index (χ3v) is 7.72. The molecular formula is C30H34FN5O3. The number of methoxy groups -OCH3 is 1. The quantitative estimate of drug-likeness (QED) is 0.331. The summed E-state index contributed by atoms with van der Waals surface area (Å²) in [5, 5.41) is 3.06. The molecule has 0 unspecified atom stereocenters. The second kappa shape index (κ2) is 11.3. The Labute approximate surface area is 228 Å². The van der Waals surface area contributed by atoms with E-state index in [0.29, 0.717) is 44.0 Å². The summed E-state index contributed by atoms with van der Waals surface area (Å²) in [6.07, 6.45) is 6.28. The normalized spacial score (nSPS) is 18.1. The summed E-state index contributed by atoms with van der Waals surface area (Å²) in [6, 6.07) is 10.3. The molecule has 0 aromatic heterocycles. The highest BCUT2D eigenvalue weighted by atomic mass is 19.1. The summed E-state index contributed by atoms with van der Waals surface area (Å²) >= 11 is 0. The van der Waals surface area contributed by atoms with E-state index in [2.05, 4.69) is 21.8 Å². The number of anilines is 2. The number of allylic oxidation sites excluding steroid dienone is 1. The molecule has 3 heterocycles. The first kappa shape index (κ1) is 26.5. The molecule has 0 spiro atoms. The first-order valence-electron chi connectivity index (χ1n) is 13.4. The van der Waals surface area contributed by atoms with Gasteiger partial charge in [-0.25, -0.2) is 9.18 Å². The monoisotopic (exact) mass is 531 g/mol. The lowest BCUT2D eigenvalue weighted by molar-refractivity contribution is -0.115. The molecule has 0 bridgehead atoms. The van der Waals surface area contributed by atoms with Crippen LogP contribution in [-0.2, 0) is 17.6 Å². The number of likely N-dealkylation sites (tertiary alicyclic amines) is 1. The molecule has 2 aromatic carbocycles. The molecule has 1 saturated heterocycles. The zero-order valence-electron chi connectivity index (χ0n) is 22.5. The molecule has 39 heavy (non-hydrogen) atoms. The predicted molar refractivity (Wildman–Crippen MR) is 151 cm³/mol. The van der Waals surface area contributed by atoms with Crippen molar-refractivity contribution in [1.29, 1.82) is 0 Å². The van der Waals surface area contributed by atoms with Gasteiger partial charge in [0.15, 0.2) is 0 Å². The van der Waals surface area contributed by atoms with Crippen LogP contribution in [0.1, 0.15) is 30.9 Å². The molecule has 8 nitrogen and oxygen atoms in total. The Bertz CT molecular complexity index is 1350. The van der Waals surface area contributed by atoms with Crippen LogP contribution in [0, 0.1) is 5.82 Å². The van der Waals surface area contributed by atoms with E-state index in [4.69, 9.17) is 4.74 Å². The number of carbonyl (C=O) groups is 2. The minimum Gasteiger partial charge on any atom is -0.497 e. The minimum absolute atomic E-state index is 0.0768. The van der Waals surface area contributed by atoms with Crippen LogP contribution in [0.15, 0.2) is 65.4 Å². The smallest absolute Gasteiger partial charge is 0.322 e. The first-order valence-corrected chi connectivity index (χ1v) is 13.4. The lowest BCUT2D eigenvalue weighted by Gasteiger charge is -2.39. The number of amides is 3. The van der Waals surface area contributed by atoms with Crippen molar-refractivity contribution in [2.45, 2.75) is 38.6 Å². The van der Waals surface area contributed by atoms with Gasteiger partial charge in [-0.3, -0.25) is 9.79 Å². The lowest BCUT2D eigenvalue weighted by atomic mass is 10.0. The number of hydrogen-bond donors (Lipinski definition) is 1. The molecule has 1 N–H and O–H groups in total. The molecule has 1 fully saturated rings. The van der Waals surface area contributed by atoms with Crippen LogP contribution in [0.4, 0.5) is 20.6 Å². The molecule has 9 heteroatoms. The van der Waals surface area contributed by atoms with Crippen molar-refractivity contribution in [2.24, 2.45) is 4.99 Å². The Morgan fingerprint density at radius 2 is 1.87 bits per heavy atom. The van der Waals surface area contributed by atoms with Crippen molar-refractivity contribution in [3.05, 3.63) is 77.4 Å². The SMILES string of the molecule is C=C(/C=C(\N=CC)C(=O)N1CCc2cc(F)ccc21)N1CCC(N2CCc3cc(OC)ccc3NC2=O)CC1. The predicted octanol–water partition coefficient (Wildman–Crippen LogP) is 4.77. The number of fused-ring (bicyclic) bond motifs is 2. The molecule has 3 aliphatic heterocycles. The minimum atomic E-state index is -0.301. The first-order chi connectivity index (χ1) is 18.9. The Kier molecular flexibility index (Phi) is 7.67. The van der Waals surface area contributed by atoms with Crippen molar-refractivity contribution < 1.29 is 18.7 Å². The van der Waals surface area contributed by atoms with Crippen molar-refractivity contribution in [3.63, 3.8) is 0 Å². The van der Waals surface area contributed by atoms with Crippen molar-refractivity contribution in [2.75, 3.05) is 43.5 Å². The van der Waals surface area contributed by atoms with Crippen LogP contribution >= 0.6 is 0 Å². The fourth-order valence-electron chi connectivity index (χ4n) is 5.63. The summed E-state index contributed by atoms with van der Waals surface area (Å²) in [5.41, 5.74) is 4.45. The molecule has 3 aliphatic rings. The van der Waals surface area contributed by atoms with E-state index >= 15 is 0 Å². The second-order valence-corrected chi connectivity index (χ2v) is 10.0. The number of rotatable bonds is 6. The van der Waals surface area contributed by atoms with Gasteiger partial charge in [0.05, 0.1) is 7.11 Å². The molecule has 2 aromatic rings. The van der Waals surface area contributed by atoms with E-state index in [0.717, 1.165) is 47.5 Å². The summed E-state index contributed by atoms with van der Waals surface area (Å²) in [5.74, 6) is 0.251. The van der Waals surface area contributed by atoms with E-state index < -0.39 is 0 Å². The molecule has 0 saturated carbocycles. The number of nitrogens with one attached hydrogen (secondary N) is 1. The highest BCUT2D eigenvalue weighted by molar-refractivity contribution is 6.07. The number of nitrogens with zero attached hydrogens (tertiary/aromatic N) is 4. The molecule has 5 rings (SSSR count). The number of piperidine rings is 1. The maximum Gasteiger partial charge on any atom is 0.322 e. The van der Waals surface area contributed by atoms with Gasteiger partial charge < -0.3 is 24.8 Å². The number of carbonyl (C=O) groups excluding carboxylic acids is 2. The van der Waals surface area contributed by atoms with E-state index in [1.807, 2.05) is 23.1 Å². The van der Waals surface area contributed by atoms with Gasteiger partial charge in [-0.1, -0.05) is 6.58 Å². The topological polar surface area (TPSA) is 77.5 Å². The number of urea groups is 1. The fraction of sp³-hybridized carbons (Fsp3) is 0.367. The van der Waals surface area contributed by atoms with E-state index in [1.165, 1.54) is 12.1 Å². The van der Waals surface area contributed by atoms with Gasteiger partial charge in [0.1, 0.15) is 17.3 Å². The van der Waals surface area contributed by atoms with Gasteiger partial charge in [0, 0.05) is 55.5 Å². The van der Waals surface area contributed by atoms with Gasteiger partial charge >= 0.3 is 6.03 Å². The highest BCUT2D eigenvalue weighted by Crippen LogP contribution is 2.31. The zero-order chi connectivity index (χ0) is 27.5. The summed E-state index contributed by atoms with van der Waals surface area (Å²) in [6.45, 7) is 8.55. The van der Waals surface area contributed by atoms with Crippen LogP contribution in [0.25, 0.3) is 0 Å². The highest BCUT2D eigenvalue weighted by Gasteiger charge is 2.31. The van der Waals surface area contributed by atoms with Crippen molar-refractivity contribution in [1.82, 2.24) is 9.80 Å². The maximum absolute atomic E-state index is 13.6. The van der Waals surface area contributed by atoms with E-state index in [-0.39, 0.29) is 23.8 Å². The zero-order valence-corrected chi connectivity index (χ0v) is 22.5. The van der Waals surface area contributed by atoms with Crippen LogP contribution < -0.4 is 15.0 Å². The number of ether oxygens (including phenoxy) is 1. The number of benzene rings is 2. The average molecular weight is 532 g/mol. The van der Waals surface area contributed by atoms with Gasteiger partial charge in [0.25, 0.3) is 5.91 Å². The van der Waals surface area contributed by atoms with Gasteiger partial charge in [-0.15, -0.1) is 0 Å². The van der Waals surface area contributed by atoms with Crippen LogP contribution in [-0.4, -0.2) is 67.3 Å². The van der Waals surface area contributed by atoms with Crippen LogP contribution in [0.2, 0.25) is 0 Å². The Hall–Kier alpha value is -4.14. The largest absolute Gasteiger partial charge is 0.497 e. The van der Waals surface area contributed by atoms with Crippen LogP contribution in [0.5, 0.6) is 5.75 Å². The third-order valence-electron chi connectivity index (χ3n) is 7.72. The molecule has 0 atom stereocenters. The standard InChI is InChI=1S/C30H34FN5O3/c1-4-32-27(29(37)36-16-10-22-18-23(31)5-8-28(22)36)17-20(2)34-13-11-24(12-14-34)35-15-9-21-19-25(39-3)6-7-26(21)33-30(35)38/h4-8,17-19,24H,2,9-16H2,1,3H3,(H,33,38)/b27-17-,32-4?. The van der Waals surface area contributed by atoms with E-state index in [9.17, 15) is 14.0 Å². The Morgan fingerprint density at radius 3 is 2.62 bits per heavy atom. The van der Waals surface area contributed by atoms with Gasteiger partial charge in [-0.2, -0.15) is 0 Å². The van der Waals surface area contributed by atoms with E-state index in [1.54, 1.807) is 37.3 Å². The molecule has 0 radical (unpaired) electrons. The number of aliphatic imine (C=N–C) groups is 1. The van der Waals surface area contributed by atoms with Crippen LogP contribution in [0.3, 0.4) is 0 Å².